The second-order valence-corrected chi connectivity index (χ2v) is 10.0. The van der Waals surface area contributed by atoms with Gasteiger partial charge in [-0.1, -0.05) is 43.2 Å². The van der Waals surface area contributed by atoms with E-state index in [2.05, 4.69) is 0 Å². The Kier molecular flexibility index (Phi) is 5.37. The summed E-state index contributed by atoms with van der Waals surface area (Å²) in [4.78, 5) is 0. The van der Waals surface area contributed by atoms with Gasteiger partial charge in [0.05, 0.1) is 6.61 Å². The van der Waals surface area contributed by atoms with Crippen LogP contribution in [0.25, 0.3) is 0 Å². The Morgan fingerprint density at radius 3 is 1.84 bits per heavy atom. The zero-order valence-electron chi connectivity index (χ0n) is 18.1. The fraction of sp³-hybridized carbons (Fsp3) is 0.760. The second kappa shape index (κ2) is 8.08. The van der Waals surface area contributed by atoms with E-state index in [9.17, 15) is 5.11 Å². The average Bonchev–Trinajstić information content (AvgIpc) is 3.34. The molecular weight excluding hydrogens is 396 g/mol. The van der Waals surface area contributed by atoms with E-state index in [1.165, 1.54) is 12.8 Å². The topological polar surface area (TPSA) is 66.4 Å². The molecule has 3 aliphatic carbocycles. The first-order chi connectivity index (χ1) is 15.2. The molecule has 1 aromatic rings. The largest absolute Gasteiger partial charge is 0.387 e. The number of aliphatic hydroxyl groups is 1. The molecule has 1 N–H and O–H groups in total. The van der Waals surface area contributed by atoms with Gasteiger partial charge in [0.2, 0.25) is 0 Å². The molecule has 0 bridgehead atoms. The van der Waals surface area contributed by atoms with Crippen molar-refractivity contribution in [3.05, 3.63) is 35.9 Å². The Labute approximate surface area is 184 Å². The third-order valence-corrected chi connectivity index (χ3v) is 7.89. The van der Waals surface area contributed by atoms with Gasteiger partial charge in [-0.05, 0) is 31.2 Å². The Morgan fingerprint density at radius 1 is 0.710 bits per heavy atom. The van der Waals surface area contributed by atoms with E-state index in [0.717, 1.165) is 56.9 Å². The van der Waals surface area contributed by atoms with Crippen LogP contribution in [0.2, 0.25) is 0 Å². The Bertz CT molecular complexity index is 757. The predicted octanol–water partition coefficient (Wildman–Crippen LogP) is 3.84. The molecule has 6 atom stereocenters. The monoisotopic (exact) mass is 430 g/mol. The van der Waals surface area contributed by atoms with Crippen molar-refractivity contribution in [3.8, 4) is 0 Å². The molecule has 6 rings (SSSR count). The molecule has 31 heavy (non-hydrogen) atoms. The summed E-state index contributed by atoms with van der Waals surface area (Å²) in [5, 5.41) is 11.4. The van der Waals surface area contributed by atoms with Crippen LogP contribution in [0.3, 0.4) is 0 Å². The second-order valence-electron chi connectivity index (χ2n) is 10.0. The maximum absolute atomic E-state index is 11.4. The van der Waals surface area contributed by atoms with Crippen molar-refractivity contribution in [2.24, 2.45) is 0 Å². The fourth-order valence-electron chi connectivity index (χ4n) is 6.34. The minimum Gasteiger partial charge on any atom is -0.387 e. The summed E-state index contributed by atoms with van der Waals surface area (Å²) in [6, 6.07) is 10.1. The number of rotatable bonds is 3. The summed E-state index contributed by atoms with van der Waals surface area (Å²) in [6.07, 6.45) is 7.70. The smallest absolute Gasteiger partial charge is 0.169 e. The van der Waals surface area contributed by atoms with Gasteiger partial charge in [-0.25, -0.2) is 0 Å². The fourth-order valence-corrected chi connectivity index (χ4v) is 6.34. The number of hydrogen-bond acceptors (Lipinski definition) is 6. The van der Waals surface area contributed by atoms with E-state index in [-0.39, 0.29) is 18.3 Å². The van der Waals surface area contributed by atoms with Gasteiger partial charge in [-0.3, -0.25) is 0 Å². The number of fused-ring (bicyclic) bond motifs is 3. The predicted molar refractivity (Wildman–Crippen MR) is 112 cm³/mol. The van der Waals surface area contributed by atoms with Gasteiger partial charge in [-0.15, -0.1) is 0 Å². The van der Waals surface area contributed by atoms with Gasteiger partial charge in [0.15, 0.2) is 11.6 Å². The molecule has 170 valence electrons. The molecule has 5 aliphatic rings. The third-order valence-electron chi connectivity index (χ3n) is 7.89. The number of ether oxygens (including phenoxy) is 5. The maximum Gasteiger partial charge on any atom is 0.169 e. The summed E-state index contributed by atoms with van der Waals surface area (Å²) in [5.41, 5.74) is 1.08. The molecule has 2 spiro atoms. The highest BCUT2D eigenvalue weighted by atomic mass is 16.8. The number of benzene rings is 1. The molecule has 0 radical (unpaired) electrons. The SMILES string of the molecule is O[C@H]1[C@H](OCc2ccccc2)[C@@H]2OC3(CCCCC3)O[C@@H]2[C@@H]2OC3(CCCCC3)O[C@@H]12. The van der Waals surface area contributed by atoms with Crippen molar-refractivity contribution in [1.82, 2.24) is 0 Å². The summed E-state index contributed by atoms with van der Waals surface area (Å²) in [5.74, 6) is -1.15. The van der Waals surface area contributed by atoms with E-state index < -0.39 is 29.9 Å². The molecule has 1 aromatic carbocycles. The van der Waals surface area contributed by atoms with Crippen molar-refractivity contribution < 1.29 is 28.8 Å². The van der Waals surface area contributed by atoms with E-state index >= 15 is 0 Å². The van der Waals surface area contributed by atoms with Crippen LogP contribution in [0.5, 0.6) is 0 Å². The van der Waals surface area contributed by atoms with E-state index in [1.807, 2.05) is 30.3 Å². The summed E-state index contributed by atoms with van der Waals surface area (Å²) < 4.78 is 32.6. The van der Waals surface area contributed by atoms with Gasteiger partial charge in [0.1, 0.15) is 36.6 Å². The van der Waals surface area contributed by atoms with Crippen molar-refractivity contribution in [2.45, 2.75) is 119 Å². The van der Waals surface area contributed by atoms with Gasteiger partial charge in [0, 0.05) is 25.7 Å². The van der Waals surface area contributed by atoms with Crippen LogP contribution in [0, 0.1) is 0 Å². The Hall–Kier alpha value is -1.02. The van der Waals surface area contributed by atoms with Crippen LogP contribution in [0.4, 0.5) is 0 Å². The molecule has 6 heteroatoms. The van der Waals surface area contributed by atoms with Gasteiger partial charge in [0.25, 0.3) is 0 Å². The van der Waals surface area contributed by atoms with Crippen molar-refractivity contribution >= 4 is 0 Å². The van der Waals surface area contributed by atoms with Crippen molar-refractivity contribution in [2.75, 3.05) is 0 Å². The van der Waals surface area contributed by atoms with Crippen LogP contribution < -0.4 is 0 Å². The summed E-state index contributed by atoms with van der Waals surface area (Å²) >= 11 is 0. The molecule has 3 saturated carbocycles. The zero-order chi connectivity index (χ0) is 20.9. The molecule has 0 amide bonds. The maximum atomic E-state index is 11.4. The van der Waals surface area contributed by atoms with Crippen LogP contribution in [-0.4, -0.2) is 53.3 Å². The van der Waals surface area contributed by atoms with Crippen LogP contribution in [0.1, 0.15) is 69.8 Å². The van der Waals surface area contributed by atoms with E-state index in [4.69, 9.17) is 23.7 Å². The van der Waals surface area contributed by atoms with Gasteiger partial charge in [-0.2, -0.15) is 0 Å². The van der Waals surface area contributed by atoms with Crippen LogP contribution in [0.15, 0.2) is 30.3 Å². The van der Waals surface area contributed by atoms with Gasteiger partial charge >= 0.3 is 0 Å². The minimum absolute atomic E-state index is 0.270. The molecule has 2 saturated heterocycles. The third kappa shape index (κ3) is 3.65. The lowest BCUT2D eigenvalue weighted by Gasteiger charge is -2.40. The number of aliphatic hydroxyl groups excluding tert-OH is 1. The highest BCUT2D eigenvalue weighted by molar-refractivity contribution is 5.14. The molecule has 0 unspecified atom stereocenters. The molecule has 0 aromatic heterocycles. The highest BCUT2D eigenvalue weighted by Crippen LogP contribution is 2.51. The average molecular weight is 431 g/mol. The highest BCUT2D eigenvalue weighted by Gasteiger charge is 2.66. The first-order valence-corrected chi connectivity index (χ1v) is 12.2. The molecule has 5 fully saturated rings. The van der Waals surface area contributed by atoms with Crippen LogP contribution in [-0.2, 0) is 30.3 Å². The Balaban J connectivity index is 1.28. The quantitative estimate of drug-likeness (QED) is 0.786. The van der Waals surface area contributed by atoms with Crippen molar-refractivity contribution in [3.63, 3.8) is 0 Å². The van der Waals surface area contributed by atoms with Crippen molar-refractivity contribution in [1.29, 1.82) is 0 Å². The normalized spacial score (nSPS) is 40.7. The zero-order valence-corrected chi connectivity index (χ0v) is 18.1. The first-order valence-electron chi connectivity index (χ1n) is 12.2. The van der Waals surface area contributed by atoms with Crippen LogP contribution >= 0.6 is 0 Å². The molecule has 2 heterocycles. The van der Waals surface area contributed by atoms with E-state index in [1.54, 1.807) is 0 Å². The standard InChI is InChI=1S/C25H34O6/c26-18-19(27-16-17-10-4-1-5-11-17)21-23(31-25(29-21)14-8-3-9-15-25)22-20(18)28-24(30-22)12-6-2-7-13-24/h1,4-5,10-11,18-23,26H,2-3,6-9,12-16H2/t18-,19-,20-,21-,22+,23-/m0/s1. The Morgan fingerprint density at radius 2 is 1.23 bits per heavy atom. The lowest BCUT2D eigenvalue weighted by molar-refractivity contribution is -0.227. The summed E-state index contributed by atoms with van der Waals surface area (Å²) in [7, 11) is 0. The number of hydrogen-bond donors (Lipinski definition) is 1. The lowest BCUT2D eigenvalue weighted by Crippen LogP contribution is -2.62. The lowest BCUT2D eigenvalue weighted by atomic mass is 9.85. The van der Waals surface area contributed by atoms with E-state index in [0.29, 0.717) is 6.61 Å². The summed E-state index contributed by atoms with van der Waals surface area (Å²) in [6.45, 7) is 0.422. The molecule has 2 aliphatic heterocycles. The molecule has 6 nitrogen and oxygen atoms in total. The first kappa shape index (κ1) is 20.6. The van der Waals surface area contributed by atoms with Gasteiger partial charge < -0.3 is 28.8 Å². The minimum atomic E-state index is -0.807. The molecular formula is C25H34O6.